The fourth-order valence-corrected chi connectivity index (χ4v) is 2.50. The number of hydrogen-bond acceptors (Lipinski definition) is 8. The second-order valence-corrected chi connectivity index (χ2v) is 7.51. The topological polar surface area (TPSA) is 117 Å². The van der Waals surface area contributed by atoms with Crippen molar-refractivity contribution in [3.05, 3.63) is 35.9 Å². The van der Waals surface area contributed by atoms with Crippen molar-refractivity contribution in [3.63, 3.8) is 0 Å². The van der Waals surface area contributed by atoms with Crippen LogP contribution in [0.1, 0.15) is 33.3 Å². The molecule has 0 heterocycles. The van der Waals surface area contributed by atoms with E-state index >= 15 is 0 Å². The second kappa shape index (κ2) is 11.3. The van der Waals surface area contributed by atoms with Crippen LogP contribution < -0.4 is 5.32 Å². The lowest BCUT2D eigenvalue weighted by Gasteiger charge is -2.28. The highest BCUT2D eigenvalue weighted by atomic mass is 16.6. The highest BCUT2D eigenvalue weighted by Gasteiger charge is 2.43. The summed E-state index contributed by atoms with van der Waals surface area (Å²) in [7, 11) is 2.08. The summed E-state index contributed by atoms with van der Waals surface area (Å²) >= 11 is 0. The molecule has 9 heteroatoms. The first-order valence-electron chi connectivity index (χ1n) is 9.34. The van der Waals surface area contributed by atoms with Gasteiger partial charge in [0, 0.05) is 0 Å². The van der Waals surface area contributed by atoms with Gasteiger partial charge in [0.05, 0.1) is 26.9 Å². The summed E-state index contributed by atoms with van der Waals surface area (Å²) in [6, 6.07) is 7.80. The maximum Gasteiger partial charge on any atom is 0.408 e. The third-order valence-corrected chi connectivity index (χ3v) is 3.96. The summed E-state index contributed by atoms with van der Waals surface area (Å²) in [5.74, 6) is -5.00. The zero-order valence-electron chi connectivity index (χ0n) is 18.1. The third-order valence-electron chi connectivity index (χ3n) is 3.96. The highest BCUT2D eigenvalue weighted by molar-refractivity contribution is 6.17. The van der Waals surface area contributed by atoms with Crippen LogP contribution in [0.25, 0.3) is 0 Å². The molecule has 0 spiro atoms. The summed E-state index contributed by atoms with van der Waals surface area (Å²) in [6.45, 7) is 6.65. The molecule has 166 valence electrons. The molecule has 0 aromatic heterocycles. The van der Waals surface area contributed by atoms with Crippen LogP contribution >= 0.6 is 0 Å². The maximum atomic E-state index is 13.0. The maximum absolute atomic E-state index is 13.0. The fraction of sp³-hybridized carbons (Fsp3) is 0.524. The largest absolute Gasteiger partial charge is 0.468 e. The average molecular weight is 423 g/mol. The summed E-state index contributed by atoms with van der Waals surface area (Å²) < 4.78 is 20.0. The zero-order valence-corrected chi connectivity index (χ0v) is 18.1. The van der Waals surface area contributed by atoms with Crippen molar-refractivity contribution in [1.29, 1.82) is 0 Å². The summed E-state index contributed by atoms with van der Waals surface area (Å²) in [4.78, 5) is 49.4. The number of esters is 2. The fourth-order valence-electron chi connectivity index (χ4n) is 2.50. The van der Waals surface area contributed by atoms with E-state index in [4.69, 9.17) is 9.47 Å². The lowest BCUT2D eigenvalue weighted by molar-refractivity contribution is -0.162. The monoisotopic (exact) mass is 423 g/mol. The average Bonchev–Trinajstić information content (AvgIpc) is 2.69. The van der Waals surface area contributed by atoms with E-state index in [0.717, 1.165) is 19.8 Å². The Morgan fingerprint density at radius 3 is 1.97 bits per heavy atom. The molecule has 0 radical (unpaired) electrons. The van der Waals surface area contributed by atoms with E-state index in [2.05, 4.69) is 14.8 Å². The third kappa shape index (κ3) is 7.82. The van der Waals surface area contributed by atoms with Crippen molar-refractivity contribution >= 4 is 23.8 Å². The van der Waals surface area contributed by atoms with Gasteiger partial charge in [-0.25, -0.2) is 4.79 Å². The van der Waals surface area contributed by atoms with Gasteiger partial charge in [0.2, 0.25) is 5.92 Å². The van der Waals surface area contributed by atoms with Crippen molar-refractivity contribution in [2.75, 3.05) is 14.2 Å². The molecule has 0 unspecified atom stereocenters. The minimum atomic E-state index is -1.87. The Bertz CT molecular complexity index is 725. The number of carbonyl (C=O) groups excluding carboxylic acids is 4. The van der Waals surface area contributed by atoms with E-state index in [-0.39, 0.29) is 6.61 Å². The van der Waals surface area contributed by atoms with Gasteiger partial charge in [0.25, 0.3) is 0 Å². The molecule has 1 N–H and O–H groups in total. The first-order valence-corrected chi connectivity index (χ1v) is 9.34. The van der Waals surface area contributed by atoms with E-state index < -0.39 is 47.5 Å². The van der Waals surface area contributed by atoms with Gasteiger partial charge in [0.1, 0.15) is 11.6 Å². The number of nitrogens with one attached hydrogen (secondary N) is 1. The highest BCUT2D eigenvalue weighted by Crippen LogP contribution is 2.15. The Kier molecular flexibility index (Phi) is 9.45. The van der Waals surface area contributed by atoms with Crippen molar-refractivity contribution in [2.45, 2.75) is 52.0 Å². The van der Waals surface area contributed by atoms with Gasteiger partial charge >= 0.3 is 18.0 Å². The van der Waals surface area contributed by atoms with E-state index in [1.165, 1.54) is 6.92 Å². The van der Waals surface area contributed by atoms with Crippen LogP contribution in [0.5, 0.6) is 0 Å². The smallest absolute Gasteiger partial charge is 0.408 e. The molecule has 0 saturated carbocycles. The molecular formula is C21H29NO8. The molecule has 0 saturated heterocycles. The number of hydrogen-bond donors (Lipinski definition) is 1. The first-order chi connectivity index (χ1) is 14.0. The van der Waals surface area contributed by atoms with Crippen LogP contribution in [0.15, 0.2) is 30.3 Å². The van der Waals surface area contributed by atoms with Crippen molar-refractivity contribution in [1.82, 2.24) is 5.32 Å². The predicted octanol–water partition coefficient (Wildman–Crippen LogP) is 2.02. The minimum Gasteiger partial charge on any atom is -0.468 e. The molecule has 1 rings (SSSR count). The molecular weight excluding hydrogens is 394 g/mol. The molecule has 0 aliphatic carbocycles. The Labute approximate surface area is 176 Å². The Balaban J connectivity index is 3.10. The van der Waals surface area contributed by atoms with Gasteiger partial charge in [-0.05, 0) is 33.3 Å². The molecule has 30 heavy (non-hydrogen) atoms. The standard InChI is InChI=1S/C21H29NO8/c1-13(29-12-14-10-8-7-9-11-14)16(22-20(26)30-21(2,3)4)17(23)15(18(24)27-5)19(25)28-6/h7-11,13,15-16H,12H2,1-6H3,(H,22,26)/t13-,16+/m1/s1. The number of alkyl carbamates (subject to hydrolysis) is 1. The van der Waals surface area contributed by atoms with Crippen molar-refractivity contribution in [3.8, 4) is 0 Å². The predicted molar refractivity (Wildman–Crippen MR) is 106 cm³/mol. The molecule has 9 nitrogen and oxygen atoms in total. The molecule has 1 amide bonds. The van der Waals surface area contributed by atoms with Crippen LogP contribution in [-0.4, -0.2) is 55.8 Å². The van der Waals surface area contributed by atoms with Crippen molar-refractivity contribution < 1.29 is 38.1 Å². The molecule has 0 fully saturated rings. The van der Waals surface area contributed by atoms with Gasteiger partial charge in [-0.2, -0.15) is 0 Å². The summed E-state index contributed by atoms with van der Waals surface area (Å²) in [6.07, 6.45) is -1.80. The lowest BCUT2D eigenvalue weighted by atomic mass is 9.95. The molecule has 0 aliphatic heterocycles. The van der Waals surface area contributed by atoms with Crippen molar-refractivity contribution in [2.24, 2.45) is 5.92 Å². The van der Waals surface area contributed by atoms with Crippen LogP contribution in [0.3, 0.4) is 0 Å². The van der Waals surface area contributed by atoms with Crippen LogP contribution in [0.2, 0.25) is 0 Å². The number of Topliss-reactive ketones (excluding diaryl/α,β-unsaturated/α-hetero) is 1. The Hall–Kier alpha value is -2.94. The van der Waals surface area contributed by atoms with Gasteiger partial charge < -0.3 is 24.3 Å². The van der Waals surface area contributed by atoms with Gasteiger partial charge in [-0.1, -0.05) is 30.3 Å². The molecule has 2 atom stereocenters. The summed E-state index contributed by atoms with van der Waals surface area (Å²) in [5, 5.41) is 2.40. The molecule has 0 bridgehead atoms. The van der Waals surface area contributed by atoms with Crippen LogP contribution in [-0.2, 0) is 39.9 Å². The number of carbonyl (C=O) groups is 4. The number of amides is 1. The molecule has 1 aromatic carbocycles. The lowest BCUT2D eigenvalue weighted by Crippen LogP contribution is -2.54. The van der Waals surface area contributed by atoms with Gasteiger partial charge in [-0.3, -0.25) is 14.4 Å². The van der Waals surface area contributed by atoms with Crippen LogP contribution in [0.4, 0.5) is 4.79 Å². The number of ketones is 1. The van der Waals surface area contributed by atoms with Gasteiger partial charge in [0.15, 0.2) is 5.78 Å². The van der Waals surface area contributed by atoms with E-state index in [1.54, 1.807) is 20.8 Å². The molecule has 0 aliphatic rings. The number of rotatable bonds is 9. The SMILES string of the molecule is COC(=O)C(C(=O)OC)C(=O)[C@@H](NC(=O)OC(C)(C)C)[C@@H](C)OCc1ccccc1. The summed E-state index contributed by atoms with van der Waals surface area (Å²) in [5.41, 5.74) is 0.0147. The zero-order chi connectivity index (χ0) is 22.9. The van der Waals surface area contributed by atoms with E-state index in [1.807, 2.05) is 30.3 Å². The number of ether oxygens (including phenoxy) is 4. The first kappa shape index (κ1) is 25.1. The normalized spacial score (nSPS) is 13.2. The second-order valence-electron chi connectivity index (χ2n) is 7.51. The van der Waals surface area contributed by atoms with Gasteiger partial charge in [-0.15, -0.1) is 0 Å². The Morgan fingerprint density at radius 2 is 1.50 bits per heavy atom. The number of benzene rings is 1. The quantitative estimate of drug-likeness (QED) is 0.364. The molecule has 1 aromatic rings. The number of methoxy groups -OCH3 is 2. The minimum absolute atomic E-state index is 0.142. The van der Waals surface area contributed by atoms with E-state index in [0.29, 0.717) is 0 Å². The Morgan fingerprint density at radius 1 is 0.967 bits per heavy atom. The van der Waals surface area contributed by atoms with E-state index in [9.17, 15) is 19.2 Å². The van der Waals surface area contributed by atoms with Crippen LogP contribution in [0, 0.1) is 5.92 Å².